The van der Waals surface area contributed by atoms with E-state index >= 15 is 0 Å². The molecule has 0 radical (unpaired) electrons. The second-order valence-corrected chi connectivity index (χ2v) is 14.1. The van der Waals surface area contributed by atoms with Crippen LogP contribution in [0.1, 0.15) is 194 Å². The first-order valence-corrected chi connectivity index (χ1v) is 21.0. The first-order chi connectivity index (χ1) is 23.3. The minimum absolute atomic E-state index is 0. The Morgan fingerprint density at radius 3 is 1.06 bits per heavy atom. The molecule has 0 rings (SSSR count). The van der Waals surface area contributed by atoms with Crippen LogP contribution in [0.5, 0.6) is 0 Å². The summed E-state index contributed by atoms with van der Waals surface area (Å²) in [5, 5.41) is 18.5. The topological polar surface area (TPSA) is 71.4 Å². The van der Waals surface area contributed by atoms with Crippen LogP contribution in [0, 0.1) is 0 Å². The molecule has 0 aromatic heterocycles. The monoisotopic (exact) mass is 708 g/mol. The van der Waals surface area contributed by atoms with E-state index in [2.05, 4.69) is 13.8 Å². The highest BCUT2D eigenvalue weighted by atomic mass is 35.5. The van der Waals surface area contributed by atoms with Crippen LogP contribution < -0.4 is 0 Å². The summed E-state index contributed by atoms with van der Waals surface area (Å²) in [6.07, 6.45) is 38.2. The van der Waals surface area contributed by atoms with Crippen LogP contribution in [0.3, 0.4) is 0 Å². The fourth-order valence-electron chi connectivity index (χ4n) is 6.33. The maximum atomic E-state index is 9.24. The molecular weight excluding hydrogens is 622 g/mol. The summed E-state index contributed by atoms with van der Waals surface area (Å²) in [5.74, 6) is 0. The van der Waals surface area contributed by atoms with Crippen molar-refractivity contribution in [2.24, 2.45) is 0 Å². The minimum atomic E-state index is -0.0345. The average molecular weight is 709 g/mol. The van der Waals surface area contributed by atoms with E-state index in [0.29, 0.717) is 39.5 Å². The highest BCUT2D eigenvalue weighted by Crippen LogP contribution is 2.14. The van der Waals surface area contributed by atoms with Gasteiger partial charge >= 0.3 is 0 Å². The van der Waals surface area contributed by atoms with Crippen LogP contribution in [0.15, 0.2) is 0 Å². The highest BCUT2D eigenvalue weighted by molar-refractivity contribution is 5.85. The predicted octanol–water partition coefficient (Wildman–Crippen LogP) is 11.1. The van der Waals surface area contributed by atoms with Gasteiger partial charge < -0.3 is 24.4 Å². The number of hydrogen-bond donors (Lipinski definition) is 2. The van der Waals surface area contributed by atoms with E-state index < -0.39 is 0 Å². The molecule has 292 valence electrons. The third-order valence-corrected chi connectivity index (χ3v) is 9.49. The zero-order valence-electron chi connectivity index (χ0n) is 32.4. The van der Waals surface area contributed by atoms with Crippen molar-refractivity contribution in [3.8, 4) is 0 Å². The van der Waals surface area contributed by atoms with E-state index in [1.54, 1.807) is 0 Å². The second kappa shape index (κ2) is 45.1. The van der Waals surface area contributed by atoms with Gasteiger partial charge in [-0.05, 0) is 12.8 Å². The SMILES string of the molecule is CCCCCCCCCCCCCCCCOCC(COCCN(CCO)CCO)OCCCCCCCCCCCCCCCC.Cl. The number of unbranched alkanes of at least 4 members (excludes halogenated alkanes) is 26. The fraction of sp³-hybridized carbons (Fsp3) is 1.00. The molecule has 0 aromatic rings. The fourth-order valence-corrected chi connectivity index (χ4v) is 6.33. The van der Waals surface area contributed by atoms with E-state index in [1.165, 1.54) is 167 Å². The Kier molecular flexibility index (Phi) is 47.1. The van der Waals surface area contributed by atoms with Crippen molar-refractivity contribution < 1.29 is 24.4 Å². The standard InChI is InChI=1S/C41H85NO5.ClH/c1-3-5-7-9-11-13-15-17-19-21-23-25-27-29-36-45-39-41(40-46-38-33-42(31-34-43)32-35-44)47-37-30-28-26-24-22-20-18-16-14-12-10-8-6-4-2;/h41,43-44H,3-40H2,1-2H3;1H. The molecule has 6 nitrogen and oxygen atoms in total. The molecule has 0 spiro atoms. The molecule has 0 aliphatic heterocycles. The normalized spacial score (nSPS) is 12.2. The molecule has 1 unspecified atom stereocenters. The largest absolute Gasteiger partial charge is 0.395 e. The number of halogens is 1. The second-order valence-electron chi connectivity index (χ2n) is 14.1. The van der Waals surface area contributed by atoms with Crippen LogP contribution >= 0.6 is 12.4 Å². The minimum Gasteiger partial charge on any atom is -0.395 e. The van der Waals surface area contributed by atoms with Gasteiger partial charge in [-0.2, -0.15) is 0 Å². The van der Waals surface area contributed by atoms with Crippen LogP contribution in [0.4, 0.5) is 0 Å². The maximum absolute atomic E-state index is 9.24. The molecule has 7 heteroatoms. The summed E-state index contributed by atoms with van der Waals surface area (Å²) < 4.78 is 18.2. The molecular formula is C41H86ClNO5. The zero-order chi connectivity index (χ0) is 34.1. The summed E-state index contributed by atoms with van der Waals surface area (Å²) in [7, 11) is 0. The number of ether oxygens (including phenoxy) is 3. The molecule has 0 fully saturated rings. The Balaban J connectivity index is 0. The molecule has 0 heterocycles. The lowest BCUT2D eigenvalue weighted by molar-refractivity contribution is -0.0635. The number of nitrogens with zero attached hydrogens (tertiary/aromatic N) is 1. The van der Waals surface area contributed by atoms with Crippen molar-refractivity contribution in [3.63, 3.8) is 0 Å². The van der Waals surface area contributed by atoms with E-state index in [1.807, 2.05) is 4.90 Å². The summed E-state index contributed by atoms with van der Waals surface area (Å²) >= 11 is 0. The third kappa shape index (κ3) is 40.5. The Hall–Kier alpha value is 0.0500. The van der Waals surface area contributed by atoms with Crippen LogP contribution in [-0.4, -0.2) is 87.1 Å². The Bertz CT molecular complexity index is 553. The van der Waals surface area contributed by atoms with Crippen molar-refractivity contribution in [2.45, 2.75) is 200 Å². The van der Waals surface area contributed by atoms with Gasteiger partial charge in [0.25, 0.3) is 0 Å². The van der Waals surface area contributed by atoms with Crippen LogP contribution in [-0.2, 0) is 14.2 Å². The van der Waals surface area contributed by atoms with Gasteiger partial charge in [-0.3, -0.25) is 4.90 Å². The van der Waals surface area contributed by atoms with Crippen LogP contribution in [0.25, 0.3) is 0 Å². The summed E-state index contributed by atoms with van der Waals surface area (Å²) in [4.78, 5) is 2.02. The molecule has 48 heavy (non-hydrogen) atoms. The molecule has 0 saturated carbocycles. The Labute approximate surface area is 306 Å². The molecule has 2 N–H and O–H groups in total. The molecule has 0 aromatic carbocycles. The van der Waals surface area contributed by atoms with Gasteiger partial charge in [0.15, 0.2) is 0 Å². The lowest BCUT2D eigenvalue weighted by atomic mass is 10.0. The summed E-state index contributed by atoms with van der Waals surface area (Å²) in [6.45, 7) is 9.86. The maximum Gasteiger partial charge on any atom is 0.104 e. The van der Waals surface area contributed by atoms with Gasteiger partial charge in [0.2, 0.25) is 0 Å². The zero-order valence-corrected chi connectivity index (χ0v) is 33.2. The van der Waals surface area contributed by atoms with Gasteiger partial charge in [-0.15, -0.1) is 12.4 Å². The first-order valence-electron chi connectivity index (χ1n) is 21.0. The Morgan fingerprint density at radius 2 is 0.708 bits per heavy atom. The molecule has 1 atom stereocenters. The van der Waals surface area contributed by atoms with Gasteiger partial charge in [-0.25, -0.2) is 0 Å². The number of hydrogen-bond acceptors (Lipinski definition) is 6. The molecule has 0 amide bonds. The van der Waals surface area contributed by atoms with Crippen molar-refractivity contribution in [2.75, 3.05) is 65.9 Å². The Morgan fingerprint density at radius 1 is 0.396 bits per heavy atom. The smallest absolute Gasteiger partial charge is 0.104 e. The van der Waals surface area contributed by atoms with E-state index in [9.17, 15) is 10.2 Å². The lowest BCUT2D eigenvalue weighted by Gasteiger charge is -2.22. The quantitative estimate of drug-likeness (QED) is 0.0615. The summed E-state index contributed by atoms with van der Waals surface area (Å²) in [5.41, 5.74) is 0. The van der Waals surface area contributed by atoms with Crippen molar-refractivity contribution in [1.82, 2.24) is 4.90 Å². The number of rotatable bonds is 42. The third-order valence-electron chi connectivity index (χ3n) is 9.49. The van der Waals surface area contributed by atoms with Gasteiger partial charge in [-0.1, -0.05) is 181 Å². The molecule has 0 bridgehead atoms. The molecule has 0 aliphatic rings. The number of aliphatic hydroxyl groups excluding tert-OH is 2. The van der Waals surface area contributed by atoms with Crippen LogP contribution in [0.2, 0.25) is 0 Å². The van der Waals surface area contributed by atoms with E-state index in [4.69, 9.17) is 14.2 Å². The van der Waals surface area contributed by atoms with Crippen molar-refractivity contribution in [3.05, 3.63) is 0 Å². The molecule has 0 saturated heterocycles. The predicted molar refractivity (Wildman–Crippen MR) is 210 cm³/mol. The number of aliphatic hydroxyl groups is 2. The van der Waals surface area contributed by atoms with Gasteiger partial charge in [0, 0.05) is 32.8 Å². The summed E-state index contributed by atoms with van der Waals surface area (Å²) in [6, 6.07) is 0. The average Bonchev–Trinajstić information content (AvgIpc) is 3.07. The lowest BCUT2D eigenvalue weighted by Crippen LogP contribution is -2.34. The first kappa shape index (κ1) is 50.2. The van der Waals surface area contributed by atoms with Gasteiger partial charge in [0.1, 0.15) is 6.10 Å². The van der Waals surface area contributed by atoms with Gasteiger partial charge in [0.05, 0.1) is 33.0 Å². The van der Waals surface area contributed by atoms with E-state index in [-0.39, 0.29) is 31.7 Å². The highest BCUT2D eigenvalue weighted by Gasteiger charge is 2.11. The van der Waals surface area contributed by atoms with E-state index in [0.717, 1.165) is 26.1 Å². The van der Waals surface area contributed by atoms with Crippen molar-refractivity contribution >= 4 is 12.4 Å². The molecule has 0 aliphatic carbocycles. The van der Waals surface area contributed by atoms with Crippen molar-refractivity contribution in [1.29, 1.82) is 0 Å².